The molecule has 1 aromatic carbocycles. The Morgan fingerprint density at radius 2 is 2.23 bits per heavy atom. The van der Waals surface area contributed by atoms with E-state index >= 15 is 0 Å². The van der Waals surface area contributed by atoms with Crippen molar-refractivity contribution in [2.45, 2.75) is 0 Å². The van der Waals surface area contributed by atoms with Crippen LogP contribution in [0.15, 0.2) is 28.7 Å². The minimum Gasteiger partial charge on any atom is -0.478 e. The zero-order chi connectivity index (χ0) is 9.26. The van der Waals surface area contributed by atoms with Crippen LogP contribution < -0.4 is 0 Å². The molecule has 0 saturated carbocycles. The van der Waals surface area contributed by atoms with Crippen molar-refractivity contribution in [1.29, 1.82) is 5.41 Å². The summed E-state index contributed by atoms with van der Waals surface area (Å²) >= 11 is 0. The van der Waals surface area contributed by atoms with Gasteiger partial charge in [-0.15, -0.1) is 0 Å². The van der Waals surface area contributed by atoms with E-state index in [1.807, 2.05) is 18.2 Å². The molecule has 1 N–H and O–H groups in total. The van der Waals surface area contributed by atoms with Crippen LogP contribution in [-0.2, 0) is 4.74 Å². The van der Waals surface area contributed by atoms with Crippen molar-refractivity contribution >= 4 is 17.0 Å². The van der Waals surface area contributed by atoms with E-state index < -0.39 is 0 Å². The highest BCUT2D eigenvalue weighted by atomic mass is 16.5. The highest BCUT2D eigenvalue weighted by Gasteiger charge is 2.09. The summed E-state index contributed by atoms with van der Waals surface area (Å²) in [5, 5.41) is 7.33. The molecule has 0 aliphatic carbocycles. The number of para-hydroxylation sites is 2. The number of hydrogen-bond acceptors (Lipinski definition) is 4. The van der Waals surface area contributed by atoms with Crippen molar-refractivity contribution in [1.82, 2.24) is 4.98 Å². The zero-order valence-electron chi connectivity index (χ0n) is 7.07. The smallest absolute Gasteiger partial charge is 0.283 e. The molecule has 0 bridgehead atoms. The number of aromatic nitrogens is 1. The summed E-state index contributed by atoms with van der Waals surface area (Å²) in [6.07, 6.45) is 0. The minimum absolute atomic E-state index is 0.0591. The van der Waals surface area contributed by atoms with Gasteiger partial charge in [0, 0.05) is 0 Å². The molecule has 1 aromatic heterocycles. The molecule has 66 valence electrons. The predicted octanol–water partition coefficient (Wildman–Crippen LogP) is 1.80. The Kier molecular flexibility index (Phi) is 1.73. The van der Waals surface area contributed by atoms with Gasteiger partial charge in [-0.05, 0) is 12.1 Å². The first-order valence-corrected chi connectivity index (χ1v) is 3.80. The van der Waals surface area contributed by atoms with Crippen LogP contribution in [0.1, 0.15) is 5.89 Å². The van der Waals surface area contributed by atoms with E-state index in [0.717, 1.165) is 5.52 Å². The lowest BCUT2D eigenvalue weighted by molar-refractivity contribution is 0.384. The topological polar surface area (TPSA) is 59.1 Å². The summed E-state index contributed by atoms with van der Waals surface area (Å²) in [5.41, 5.74) is 1.40. The van der Waals surface area contributed by atoms with Gasteiger partial charge in [-0.25, -0.2) is 4.98 Å². The maximum absolute atomic E-state index is 7.33. The van der Waals surface area contributed by atoms with Crippen LogP contribution in [0, 0.1) is 5.41 Å². The van der Waals surface area contributed by atoms with E-state index in [2.05, 4.69) is 4.98 Å². The third kappa shape index (κ3) is 1.26. The molecule has 4 nitrogen and oxygen atoms in total. The number of rotatable bonds is 1. The number of oxazole rings is 1. The molecule has 0 saturated heterocycles. The first-order chi connectivity index (χ1) is 6.31. The fourth-order valence-electron chi connectivity index (χ4n) is 1.06. The molecule has 0 spiro atoms. The third-order valence-electron chi connectivity index (χ3n) is 1.69. The molecular weight excluding hydrogens is 168 g/mol. The van der Waals surface area contributed by atoms with E-state index in [9.17, 15) is 0 Å². The minimum atomic E-state index is -0.0591. The molecule has 4 heteroatoms. The molecule has 2 rings (SSSR count). The predicted molar refractivity (Wildman–Crippen MR) is 47.8 cm³/mol. The number of fused-ring (bicyclic) bond motifs is 1. The largest absolute Gasteiger partial charge is 0.478 e. The van der Waals surface area contributed by atoms with E-state index in [-0.39, 0.29) is 11.8 Å². The number of benzene rings is 1. The van der Waals surface area contributed by atoms with E-state index in [4.69, 9.17) is 14.6 Å². The van der Waals surface area contributed by atoms with Gasteiger partial charge in [-0.3, -0.25) is 5.41 Å². The second-order valence-electron chi connectivity index (χ2n) is 2.52. The van der Waals surface area contributed by atoms with Crippen molar-refractivity contribution < 1.29 is 9.15 Å². The zero-order valence-corrected chi connectivity index (χ0v) is 7.07. The Hall–Kier alpha value is -1.84. The second-order valence-corrected chi connectivity index (χ2v) is 2.52. The standard InChI is InChI=1S/C9H8N2O2/c1-12-8(10)9-11-6-4-2-3-5-7(6)13-9/h2-5,10H,1H3. The van der Waals surface area contributed by atoms with Crippen LogP contribution in [0.25, 0.3) is 11.1 Å². The van der Waals surface area contributed by atoms with E-state index in [1.165, 1.54) is 7.11 Å². The van der Waals surface area contributed by atoms with Crippen molar-refractivity contribution in [3.63, 3.8) is 0 Å². The van der Waals surface area contributed by atoms with Gasteiger partial charge in [-0.1, -0.05) is 12.1 Å². The second kappa shape index (κ2) is 2.90. The van der Waals surface area contributed by atoms with Crippen LogP contribution in [0.4, 0.5) is 0 Å². The fourth-order valence-corrected chi connectivity index (χ4v) is 1.06. The highest BCUT2D eigenvalue weighted by Crippen LogP contribution is 2.14. The van der Waals surface area contributed by atoms with Gasteiger partial charge in [0.15, 0.2) is 5.58 Å². The fraction of sp³-hybridized carbons (Fsp3) is 0.111. The van der Waals surface area contributed by atoms with Gasteiger partial charge >= 0.3 is 0 Å². The first-order valence-electron chi connectivity index (χ1n) is 3.80. The summed E-state index contributed by atoms with van der Waals surface area (Å²) < 4.78 is 9.95. The maximum Gasteiger partial charge on any atom is 0.283 e. The summed E-state index contributed by atoms with van der Waals surface area (Å²) in [6.45, 7) is 0. The summed E-state index contributed by atoms with van der Waals surface area (Å²) in [7, 11) is 1.41. The number of nitrogens with one attached hydrogen (secondary N) is 1. The van der Waals surface area contributed by atoms with Gasteiger partial charge in [0.1, 0.15) is 5.52 Å². The summed E-state index contributed by atoms with van der Waals surface area (Å²) in [4.78, 5) is 4.07. The SMILES string of the molecule is COC(=N)c1nc2ccccc2o1. The number of methoxy groups -OCH3 is 1. The number of hydrogen-bond donors (Lipinski definition) is 1. The Morgan fingerprint density at radius 1 is 1.46 bits per heavy atom. The third-order valence-corrected chi connectivity index (χ3v) is 1.69. The summed E-state index contributed by atoms with van der Waals surface area (Å²) in [6, 6.07) is 7.35. The van der Waals surface area contributed by atoms with Gasteiger partial charge in [-0.2, -0.15) is 0 Å². The highest BCUT2D eigenvalue weighted by molar-refractivity contribution is 5.89. The molecule has 2 aromatic rings. The Balaban J connectivity index is 2.56. The van der Waals surface area contributed by atoms with Crippen molar-refractivity contribution in [3.8, 4) is 0 Å². The van der Waals surface area contributed by atoms with Crippen molar-refractivity contribution in [2.24, 2.45) is 0 Å². The van der Waals surface area contributed by atoms with Crippen LogP contribution in [-0.4, -0.2) is 18.0 Å². The lowest BCUT2D eigenvalue weighted by Crippen LogP contribution is -2.00. The van der Waals surface area contributed by atoms with Gasteiger partial charge in [0.05, 0.1) is 7.11 Å². The monoisotopic (exact) mass is 176 g/mol. The van der Waals surface area contributed by atoms with E-state index in [0.29, 0.717) is 5.58 Å². The van der Waals surface area contributed by atoms with E-state index in [1.54, 1.807) is 6.07 Å². The van der Waals surface area contributed by atoms with Gasteiger partial charge in [0.25, 0.3) is 11.8 Å². The number of ether oxygens (including phenoxy) is 1. The molecular formula is C9H8N2O2. The first kappa shape index (κ1) is 7.79. The molecule has 0 fully saturated rings. The van der Waals surface area contributed by atoms with Crippen LogP contribution in [0.5, 0.6) is 0 Å². The van der Waals surface area contributed by atoms with Crippen molar-refractivity contribution in [2.75, 3.05) is 7.11 Å². The molecule has 0 aliphatic heterocycles. The Morgan fingerprint density at radius 3 is 2.92 bits per heavy atom. The Bertz CT molecular complexity index is 415. The molecule has 1 heterocycles. The van der Waals surface area contributed by atoms with Crippen LogP contribution >= 0.6 is 0 Å². The molecule has 13 heavy (non-hydrogen) atoms. The van der Waals surface area contributed by atoms with Gasteiger partial charge in [0.2, 0.25) is 0 Å². The molecule has 0 aliphatic rings. The lowest BCUT2D eigenvalue weighted by Gasteiger charge is -1.92. The molecule has 0 amide bonds. The van der Waals surface area contributed by atoms with Gasteiger partial charge < -0.3 is 9.15 Å². The lowest BCUT2D eigenvalue weighted by atomic mass is 10.3. The van der Waals surface area contributed by atoms with Crippen LogP contribution in [0.3, 0.4) is 0 Å². The average Bonchev–Trinajstić information content (AvgIpc) is 2.59. The number of nitrogens with zero attached hydrogens (tertiary/aromatic N) is 1. The summed E-state index contributed by atoms with van der Waals surface area (Å²) in [5.74, 6) is 0.153. The normalized spacial score (nSPS) is 10.2. The van der Waals surface area contributed by atoms with Crippen LogP contribution in [0.2, 0.25) is 0 Å². The van der Waals surface area contributed by atoms with Crippen molar-refractivity contribution in [3.05, 3.63) is 30.2 Å². The molecule has 0 unspecified atom stereocenters. The average molecular weight is 176 g/mol. The Labute approximate surface area is 74.7 Å². The maximum atomic E-state index is 7.33. The molecule has 0 atom stereocenters. The quantitative estimate of drug-likeness (QED) is 0.532. The molecule has 0 radical (unpaired) electrons.